The van der Waals surface area contributed by atoms with Gasteiger partial charge in [0.1, 0.15) is 11.5 Å². The van der Waals surface area contributed by atoms with Gasteiger partial charge in [0.15, 0.2) is 0 Å². The molecule has 1 fully saturated rings. The number of hydrogen-bond donors (Lipinski definition) is 2. The van der Waals surface area contributed by atoms with Gasteiger partial charge in [-0.2, -0.15) is 0 Å². The SMILES string of the molecule is COc1ccc(NS(=O)(=O)c2ccc(N3CCCCC3)c(NC(=O)c3ccc(OC)cc3)c2)cc1. The van der Waals surface area contributed by atoms with Crippen LogP contribution >= 0.6 is 0 Å². The lowest BCUT2D eigenvalue weighted by atomic mass is 10.1. The van der Waals surface area contributed by atoms with E-state index in [-0.39, 0.29) is 10.8 Å². The minimum Gasteiger partial charge on any atom is -0.497 e. The van der Waals surface area contributed by atoms with E-state index in [4.69, 9.17) is 9.47 Å². The van der Waals surface area contributed by atoms with Crippen LogP contribution < -0.4 is 24.4 Å². The summed E-state index contributed by atoms with van der Waals surface area (Å²) in [5.41, 5.74) is 2.11. The summed E-state index contributed by atoms with van der Waals surface area (Å²) in [5.74, 6) is 0.944. The molecule has 1 amide bonds. The predicted molar refractivity (Wildman–Crippen MR) is 137 cm³/mol. The van der Waals surface area contributed by atoms with Gasteiger partial charge < -0.3 is 19.7 Å². The molecule has 3 aromatic rings. The maximum Gasteiger partial charge on any atom is 0.261 e. The average molecular weight is 496 g/mol. The second kappa shape index (κ2) is 10.7. The minimum atomic E-state index is -3.89. The molecular weight excluding hydrogens is 466 g/mol. The monoisotopic (exact) mass is 495 g/mol. The molecule has 0 spiro atoms. The predicted octanol–water partition coefficient (Wildman–Crippen LogP) is 4.75. The molecule has 1 saturated heterocycles. The lowest BCUT2D eigenvalue weighted by Crippen LogP contribution is -2.30. The highest BCUT2D eigenvalue weighted by Gasteiger charge is 2.21. The highest BCUT2D eigenvalue weighted by atomic mass is 32.2. The Hall–Kier alpha value is -3.72. The first-order valence-corrected chi connectivity index (χ1v) is 12.9. The average Bonchev–Trinajstić information content (AvgIpc) is 2.89. The molecule has 1 aliphatic heterocycles. The van der Waals surface area contributed by atoms with E-state index in [9.17, 15) is 13.2 Å². The molecule has 1 aliphatic rings. The van der Waals surface area contributed by atoms with E-state index in [1.807, 2.05) is 0 Å². The highest BCUT2D eigenvalue weighted by Crippen LogP contribution is 2.32. The lowest BCUT2D eigenvalue weighted by Gasteiger charge is -2.31. The van der Waals surface area contributed by atoms with Crippen molar-refractivity contribution in [3.8, 4) is 11.5 Å². The zero-order chi connectivity index (χ0) is 24.8. The normalized spacial score (nSPS) is 13.7. The van der Waals surface area contributed by atoms with E-state index in [2.05, 4.69) is 14.9 Å². The Labute approximate surface area is 205 Å². The first-order chi connectivity index (χ1) is 16.9. The van der Waals surface area contributed by atoms with Crippen LogP contribution in [0, 0.1) is 0 Å². The van der Waals surface area contributed by atoms with Crippen molar-refractivity contribution in [2.24, 2.45) is 0 Å². The van der Waals surface area contributed by atoms with Crippen LogP contribution in [0.1, 0.15) is 29.6 Å². The Balaban J connectivity index is 1.64. The van der Waals surface area contributed by atoms with Crippen molar-refractivity contribution in [2.45, 2.75) is 24.2 Å². The van der Waals surface area contributed by atoms with Crippen molar-refractivity contribution in [1.82, 2.24) is 0 Å². The molecule has 2 N–H and O–H groups in total. The molecule has 0 atom stereocenters. The summed E-state index contributed by atoms with van der Waals surface area (Å²) in [6.45, 7) is 1.70. The van der Waals surface area contributed by atoms with Gasteiger partial charge >= 0.3 is 0 Å². The summed E-state index contributed by atoms with van der Waals surface area (Å²) in [4.78, 5) is 15.2. The number of piperidine rings is 1. The van der Waals surface area contributed by atoms with Crippen LogP contribution in [0.4, 0.5) is 17.1 Å². The Kier molecular flexibility index (Phi) is 7.45. The van der Waals surface area contributed by atoms with Crippen LogP contribution in [0.15, 0.2) is 71.6 Å². The molecule has 0 unspecified atom stereocenters. The number of carbonyl (C=O) groups excluding carboxylic acids is 1. The Morgan fingerprint density at radius 2 is 1.43 bits per heavy atom. The van der Waals surface area contributed by atoms with Crippen LogP contribution in [0.25, 0.3) is 0 Å². The van der Waals surface area contributed by atoms with Crippen molar-refractivity contribution in [2.75, 3.05) is 42.2 Å². The lowest BCUT2D eigenvalue weighted by molar-refractivity contribution is 0.102. The van der Waals surface area contributed by atoms with Gasteiger partial charge in [-0.15, -0.1) is 0 Å². The van der Waals surface area contributed by atoms with E-state index in [0.29, 0.717) is 28.4 Å². The molecule has 0 aromatic heterocycles. The quantitative estimate of drug-likeness (QED) is 0.468. The third-order valence-electron chi connectivity index (χ3n) is 5.92. The van der Waals surface area contributed by atoms with Crippen molar-refractivity contribution in [3.63, 3.8) is 0 Å². The summed E-state index contributed by atoms with van der Waals surface area (Å²) in [5, 5.41) is 2.92. The summed E-state index contributed by atoms with van der Waals surface area (Å²) in [6, 6.07) is 18.2. The van der Waals surface area contributed by atoms with Gasteiger partial charge in [0.05, 0.1) is 30.5 Å². The van der Waals surface area contributed by atoms with Crippen LogP contribution in [0.5, 0.6) is 11.5 Å². The summed E-state index contributed by atoms with van der Waals surface area (Å²) in [6.07, 6.45) is 3.25. The molecule has 0 bridgehead atoms. The largest absolute Gasteiger partial charge is 0.497 e. The molecule has 35 heavy (non-hydrogen) atoms. The molecular formula is C26H29N3O5S. The molecule has 3 aromatic carbocycles. The van der Waals surface area contributed by atoms with Crippen molar-refractivity contribution in [3.05, 3.63) is 72.3 Å². The fraction of sp³-hybridized carbons (Fsp3) is 0.269. The van der Waals surface area contributed by atoms with Crippen LogP contribution in [0.2, 0.25) is 0 Å². The van der Waals surface area contributed by atoms with Gasteiger partial charge in [0, 0.05) is 24.3 Å². The molecule has 4 rings (SSSR count). The van der Waals surface area contributed by atoms with Crippen LogP contribution in [0.3, 0.4) is 0 Å². The highest BCUT2D eigenvalue weighted by molar-refractivity contribution is 7.92. The van der Waals surface area contributed by atoms with Gasteiger partial charge in [0.2, 0.25) is 0 Å². The number of rotatable bonds is 8. The first-order valence-electron chi connectivity index (χ1n) is 11.4. The fourth-order valence-corrected chi connectivity index (χ4v) is 5.09. The van der Waals surface area contributed by atoms with Crippen molar-refractivity contribution in [1.29, 1.82) is 0 Å². The molecule has 0 aliphatic carbocycles. The maximum atomic E-state index is 13.1. The van der Waals surface area contributed by atoms with E-state index in [1.54, 1.807) is 74.9 Å². The van der Waals surface area contributed by atoms with E-state index >= 15 is 0 Å². The zero-order valence-electron chi connectivity index (χ0n) is 19.8. The third kappa shape index (κ3) is 5.86. The van der Waals surface area contributed by atoms with E-state index in [0.717, 1.165) is 38.0 Å². The Morgan fingerprint density at radius 1 is 0.829 bits per heavy atom. The van der Waals surface area contributed by atoms with E-state index in [1.165, 1.54) is 6.07 Å². The second-order valence-electron chi connectivity index (χ2n) is 8.24. The minimum absolute atomic E-state index is 0.0547. The number of ether oxygens (including phenoxy) is 2. The third-order valence-corrected chi connectivity index (χ3v) is 7.30. The van der Waals surface area contributed by atoms with Gasteiger partial charge in [0.25, 0.3) is 15.9 Å². The summed E-state index contributed by atoms with van der Waals surface area (Å²) < 4.78 is 39.2. The number of nitrogens with zero attached hydrogens (tertiary/aromatic N) is 1. The summed E-state index contributed by atoms with van der Waals surface area (Å²) >= 11 is 0. The fourth-order valence-electron chi connectivity index (χ4n) is 4.00. The number of benzene rings is 3. The number of nitrogens with one attached hydrogen (secondary N) is 2. The number of sulfonamides is 1. The Morgan fingerprint density at radius 3 is 2.03 bits per heavy atom. The van der Waals surface area contributed by atoms with Gasteiger partial charge in [-0.05, 0) is 86.0 Å². The molecule has 8 nitrogen and oxygen atoms in total. The first kappa shape index (κ1) is 24.4. The number of anilines is 3. The van der Waals surface area contributed by atoms with Gasteiger partial charge in [-0.25, -0.2) is 8.42 Å². The number of methoxy groups -OCH3 is 2. The van der Waals surface area contributed by atoms with Gasteiger partial charge in [-0.3, -0.25) is 9.52 Å². The smallest absolute Gasteiger partial charge is 0.261 e. The van der Waals surface area contributed by atoms with E-state index < -0.39 is 10.0 Å². The number of carbonyl (C=O) groups is 1. The maximum absolute atomic E-state index is 13.1. The van der Waals surface area contributed by atoms with Crippen molar-refractivity contribution < 1.29 is 22.7 Å². The molecule has 0 saturated carbocycles. The summed E-state index contributed by atoms with van der Waals surface area (Å²) in [7, 11) is -0.782. The molecule has 9 heteroatoms. The Bertz CT molecular complexity index is 1270. The molecule has 1 heterocycles. The number of hydrogen-bond acceptors (Lipinski definition) is 6. The van der Waals surface area contributed by atoms with Gasteiger partial charge in [-0.1, -0.05) is 0 Å². The number of amides is 1. The molecule has 0 radical (unpaired) electrons. The van der Waals surface area contributed by atoms with Crippen LogP contribution in [-0.4, -0.2) is 41.6 Å². The second-order valence-corrected chi connectivity index (χ2v) is 9.93. The van der Waals surface area contributed by atoms with Crippen molar-refractivity contribution >= 4 is 33.0 Å². The van der Waals surface area contributed by atoms with Crippen LogP contribution in [-0.2, 0) is 10.0 Å². The molecule has 184 valence electrons. The zero-order valence-corrected chi connectivity index (χ0v) is 20.6. The standard InChI is InChI=1S/C26H29N3O5S/c1-33-21-10-6-19(7-11-21)26(30)27-24-18-23(14-15-25(24)29-16-4-3-5-17-29)35(31,32)28-20-8-12-22(34-2)13-9-20/h6-15,18,28H,3-5,16-17H2,1-2H3,(H,27,30). The topological polar surface area (TPSA) is 97.0 Å².